The SMILES string of the molecule is [3H]c1cc(Cl)sc1S(=O)(=O)NC(=O)NC1CN(c2nc(C)c(C(=O)OCC)cc2C#N)C1. The van der Waals surface area contributed by atoms with Crippen LogP contribution in [0.4, 0.5) is 10.6 Å². The lowest BCUT2D eigenvalue weighted by molar-refractivity contribution is 0.0525. The first kappa shape index (κ1) is 21.4. The lowest BCUT2D eigenvalue weighted by Crippen LogP contribution is -2.61. The Morgan fingerprint density at radius 3 is 2.81 bits per heavy atom. The average Bonchev–Trinajstić information content (AvgIpc) is 3.03. The summed E-state index contributed by atoms with van der Waals surface area (Å²) < 4.78 is 38.8. The van der Waals surface area contributed by atoms with Crippen molar-refractivity contribution in [3.8, 4) is 6.07 Å². The first-order valence-corrected chi connectivity index (χ1v) is 11.7. The zero-order valence-electron chi connectivity index (χ0n) is 17.4. The number of hydrogen-bond donors (Lipinski definition) is 2. The Morgan fingerprint density at radius 2 is 2.23 bits per heavy atom. The second kappa shape index (κ2) is 9.09. The summed E-state index contributed by atoms with van der Waals surface area (Å²) in [6.45, 7) is 4.06. The molecule has 13 heteroatoms. The van der Waals surface area contributed by atoms with Crippen LogP contribution in [0, 0.1) is 18.3 Å². The summed E-state index contributed by atoms with van der Waals surface area (Å²) in [7, 11) is -4.23. The molecule has 0 aromatic carbocycles. The van der Waals surface area contributed by atoms with Crippen LogP contribution < -0.4 is 14.9 Å². The molecule has 2 aromatic rings. The Kier molecular flexibility index (Phi) is 6.26. The van der Waals surface area contributed by atoms with Crippen LogP contribution in [0.1, 0.15) is 29.9 Å². The summed E-state index contributed by atoms with van der Waals surface area (Å²) in [6, 6.07) is 2.96. The zero-order chi connectivity index (χ0) is 23.6. The van der Waals surface area contributed by atoms with Crippen LogP contribution in [-0.2, 0) is 14.8 Å². The molecule has 1 aliphatic rings. The van der Waals surface area contributed by atoms with Gasteiger partial charge in [-0.25, -0.2) is 27.7 Å². The molecule has 1 aliphatic heterocycles. The third-order valence-electron chi connectivity index (χ3n) is 4.29. The van der Waals surface area contributed by atoms with Crippen LogP contribution in [0.3, 0.4) is 0 Å². The van der Waals surface area contributed by atoms with E-state index in [2.05, 4.69) is 10.3 Å². The topological polar surface area (TPSA) is 141 Å². The summed E-state index contributed by atoms with van der Waals surface area (Å²) in [4.78, 5) is 30.2. The normalized spacial score (nSPS) is 14.3. The number of nitrogens with zero attached hydrogens (tertiary/aromatic N) is 3. The second-order valence-corrected chi connectivity index (χ2v) is 10.0. The lowest BCUT2D eigenvalue weighted by atomic mass is 10.1. The maximum absolute atomic E-state index is 12.3. The minimum Gasteiger partial charge on any atom is -0.462 e. The molecule has 0 unspecified atom stereocenters. The first-order chi connectivity index (χ1) is 15.1. The van der Waals surface area contributed by atoms with E-state index in [1.807, 2.05) is 10.8 Å². The van der Waals surface area contributed by atoms with E-state index in [1.165, 1.54) is 12.1 Å². The number of urea groups is 1. The van der Waals surface area contributed by atoms with Crippen molar-refractivity contribution < 1.29 is 24.1 Å². The van der Waals surface area contributed by atoms with Crippen molar-refractivity contribution in [1.82, 2.24) is 15.0 Å². The van der Waals surface area contributed by atoms with Crippen LogP contribution in [0.2, 0.25) is 4.34 Å². The van der Waals surface area contributed by atoms with E-state index >= 15 is 0 Å². The number of thiophene rings is 1. The van der Waals surface area contributed by atoms with E-state index in [1.54, 1.807) is 18.7 Å². The van der Waals surface area contributed by atoms with Crippen molar-refractivity contribution in [2.24, 2.45) is 0 Å². The molecule has 0 spiro atoms. The fourth-order valence-electron chi connectivity index (χ4n) is 2.85. The van der Waals surface area contributed by atoms with Crippen molar-refractivity contribution in [3.05, 3.63) is 39.3 Å². The monoisotopic (exact) mass is 485 g/mol. The molecular formula is C18H18ClN5O5S2. The minimum atomic E-state index is -4.23. The van der Waals surface area contributed by atoms with Crippen molar-refractivity contribution in [3.63, 3.8) is 0 Å². The Morgan fingerprint density at radius 1 is 1.52 bits per heavy atom. The molecular weight excluding hydrogens is 466 g/mol. The van der Waals surface area contributed by atoms with Gasteiger partial charge in [0.25, 0.3) is 10.0 Å². The highest BCUT2D eigenvalue weighted by atomic mass is 35.5. The largest absolute Gasteiger partial charge is 0.462 e. The van der Waals surface area contributed by atoms with Gasteiger partial charge in [0.1, 0.15) is 16.1 Å². The number of ether oxygens (including phenoxy) is 1. The Balaban J connectivity index is 1.63. The average molecular weight is 486 g/mol. The first-order valence-electron chi connectivity index (χ1n) is 9.48. The number of hydrogen-bond acceptors (Lipinski definition) is 9. The summed E-state index contributed by atoms with van der Waals surface area (Å²) in [5, 5.41) is 12.0. The molecule has 0 atom stereocenters. The highest BCUT2D eigenvalue weighted by Crippen LogP contribution is 2.26. The maximum Gasteiger partial charge on any atom is 0.340 e. The molecule has 0 saturated carbocycles. The second-order valence-electron chi connectivity index (χ2n) is 6.49. The molecule has 2 aromatic heterocycles. The summed E-state index contributed by atoms with van der Waals surface area (Å²) in [6.07, 6.45) is 0. The number of halogens is 1. The number of sulfonamides is 1. The van der Waals surface area contributed by atoms with Crippen molar-refractivity contribution in [1.29, 1.82) is 5.26 Å². The standard InChI is InChI=1S/C18H18ClN5O5S2/c1-3-29-17(25)13-6-11(7-20)16(21-10(13)2)24-8-12(9-24)22-18(26)23-31(27,28)15-5-4-14(19)30-15/h4-6,12H,3,8-9H2,1-2H3,(H2,22,23,26)/i5T. The number of amides is 2. The molecule has 2 amide bonds. The van der Waals surface area contributed by atoms with Crippen LogP contribution in [0.25, 0.3) is 0 Å². The van der Waals surface area contributed by atoms with Gasteiger partial charge < -0.3 is 15.0 Å². The predicted molar refractivity (Wildman–Crippen MR) is 114 cm³/mol. The molecule has 0 radical (unpaired) electrons. The number of nitriles is 1. The van der Waals surface area contributed by atoms with E-state index in [0.717, 1.165) is 0 Å². The van der Waals surface area contributed by atoms with Gasteiger partial charge in [-0.3, -0.25) is 0 Å². The van der Waals surface area contributed by atoms with Gasteiger partial charge in [-0.1, -0.05) is 11.6 Å². The van der Waals surface area contributed by atoms with Gasteiger partial charge >= 0.3 is 12.0 Å². The van der Waals surface area contributed by atoms with Gasteiger partial charge in [0.2, 0.25) is 0 Å². The summed E-state index contributed by atoms with van der Waals surface area (Å²) in [5.74, 6) is -0.208. The van der Waals surface area contributed by atoms with E-state index in [9.17, 15) is 23.3 Å². The number of rotatable bonds is 6. The van der Waals surface area contributed by atoms with Crippen LogP contribution in [-0.4, -0.2) is 51.1 Å². The number of aryl methyl sites for hydroxylation is 1. The quantitative estimate of drug-likeness (QED) is 0.592. The number of carbonyl (C=O) groups excluding carboxylic acids is 2. The van der Waals surface area contributed by atoms with E-state index in [4.69, 9.17) is 17.7 Å². The highest BCUT2D eigenvalue weighted by Gasteiger charge is 2.32. The van der Waals surface area contributed by atoms with Gasteiger partial charge in [0, 0.05) is 13.1 Å². The molecule has 0 aliphatic carbocycles. The Labute approximate surface area is 189 Å². The van der Waals surface area contributed by atoms with Crippen LogP contribution in [0.15, 0.2) is 22.4 Å². The third kappa shape index (κ3) is 5.07. The highest BCUT2D eigenvalue weighted by molar-refractivity contribution is 7.92. The van der Waals surface area contributed by atoms with Crippen molar-refractivity contribution in [2.45, 2.75) is 24.1 Å². The number of aromatic nitrogens is 1. The number of carbonyl (C=O) groups is 2. The number of esters is 1. The number of pyridine rings is 1. The number of nitrogens with one attached hydrogen (secondary N) is 2. The summed E-state index contributed by atoms with van der Waals surface area (Å²) in [5.41, 5.74) is 0.787. The zero-order valence-corrected chi connectivity index (χ0v) is 18.8. The van der Waals surface area contributed by atoms with E-state index < -0.39 is 28.1 Å². The Bertz CT molecular complexity index is 1220. The van der Waals surface area contributed by atoms with Crippen LogP contribution in [0.5, 0.6) is 0 Å². The van der Waals surface area contributed by atoms with Gasteiger partial charge in [0.05, 0.1) is 35.2 Å². The molecule has 1 fully saturated rings. The molecule has 164 valence electrons. The van der Waals surface area contributed by atoms with Crippen molar-refractivity contribution in [2.75, 3.05) is 24.6 Å². The predicted octanol–water partition coefficient (Wildman–Crippen LogP) is 2.03. The van der Waals surface area contributed by atoms with E-state index in [-0.39, 0.29) is 45.4 Å². The maximum atomic E-state index is 12.3. The minimum absolute atomic E-state index is 0.121. The Hall–Kier alpha value is -2.88. The molecule has 10 nitrogen and oxygen atoms in total. The molecule has 3 rings (SSSR count). The molecule has 2 N–H and O–H groups in total. The van der Waals surface area contributed by atoms with Gasteiger partial charge in [-0.05, 0) is 32.0 Å². The van der Waals surface area contributed by atoms with Gasteiger partial charge in [-0.15, -0.1) is 11.3 Å². The summed E-state index contributed by atoms with van der Waals surface area (Å²) >= 11 is 6.40. The molecule has 3 heterocycles. The smallest absolute Gasteiger partial charge is 0.340 e. The third-order valence-corrected chi connectivity index (χ3v) is 7.21. The molecule has 31 heavy (non-hydrogen) atoms. The molecule has 1 saturated heterocycles. The fourth-order valence-corrected chi connectivity index (χ4v) is 5.13. The van der Waals surface area contributed by atoms with Crippen molar-refractivity contribution >= 4 is 50.8 Å². The fraction of sp³-hybridized carbons (Fsp3) is 0.333. The van der Waals surface area contributed by atoms with E-state index in [0.29, 0.717) is 22.8 Å². The lowest BCUT2D eigenvalue weighted by Gasteiger charge is -2.40. The van der Waals surface area contributed by atoms with Gasteiger partial charge in [-0.2, -0.15) is 5.26 Å². The van der Waals surface area contributed by atoms with Gasteiger partial charge in [0.15, 0.2) is 0 Å². The van der Waals surface area contributed by atoms with Crippen LogP contribution >= 0.6 is 22.9 Å². The molecule has 0 bridgehead atoms. The number of anilines is 1.